The van der Waals surface area contributed by atoms with E-state index < -0.39 is 10.1 Å². The molecule has 16 heavy (non-hydrogen) atoms. The summed E-state index contributed by atoms with van der Waals surface area (Å²) in [6.45, 7) is 0. The van der Waals surface area contributed by atoms with E-state index in [1.54, 1.807) is 0 Å². The number of H-pyrrole nitrogens is 2. The zero-order valence-electron chi connectivity index (χ0n) is 8.13. The molecular weight excluding hydrogens is 238 g/mol. The van der Waals surface area contributed by atoms with Gasteiger partial charge in [-0.15, -0.1) is 0 Å². The molecule has 0 amide bonds. The molecule has 0 radical (unpaired) electrons. The van der Waals surface area contributed by atoms with Crippen molar-refractivity contribution in [3.8, 4) is 0 Å². The minimum Gasteiger partial charge on any atom is -0.369 e. The van der Waals surface area contributed by atoms with Crippen molar-refractivity contribution in [2.45, 2.75) is 0 Å². The Morgan fingerprint density at radius 1 is 1.50 bits per heavy atom. The Balaban J connectivity index is 0.000000221. The highest BCUT2D eigenvalue weighted by Crippen LogP contribution is 1.98. The van der Waals surface area contributed by atoms with Gasteiger partial charge in [0.15, 0.2) is 11.2 Å². The van der Waals surface area contributed by atoms with Gasteiger partial charge in [-0.25, -0.2) is 4.98 Å². The highest BCUT2D eigenvalue weighted by Gasteiger charge is 2.01. The number of nitrogens with zero attached hydrogens (tertiary/aromatic N) is 2. The summed E-state index contributed by atoms with van der Waals surface area (Å²) in [6.07, 6.45) is 2.11. The van der Waals surface area contributed by atoms with E-state index in [2.05, 4.69) is 19.9 Å². The molecule has 0 saturated carbocycles. The quantitative estimate of drug-likeness (QED) is 0.423. The molecule has 0 aliphatic heterocycles. The average Bonchev–Trinajstić information content (AvgIpc) is 2.47. The van der Waals surface area contributed by atoms with Crippen LogP contribution >= 0.6 is 0 Å². The number of hydrogen-bond donors (Lipinski definition) is 4. The summed E-state index contributed by atoms with van der Waals surface area (Å²) in [5.74, 6) is 0.0783. The third-order valence-corrected chi connectivity index (χ3v) is 1.31. The molecule has 88 valence electrons. The van der Waals surface area contributed by atoms with Crippen LogP contribution in [0, 0.1) is 0 Å². The third-order valence-electron chi connectivity index (χ3n) is 1.31. The van der Waals surface area contributed by atoms with Gasteiger partial charge in [0.1, 0.15) is 0 Å². The van der Waals surface area contributed by atoms with Gasteiger partial charge in [0.05, 0.1) is 12.6 Å². The molecular formula is C6H9N5O4S. The predicted molar refractivity (Wildman–Crippen MR) is 56.4 cm³/mol. The molecule has 2 heterocycles. The van der Waals surface area contributed by atoms with Gasteiger partial charge in [-0.2, -0.15) is 13.4 Å². The zero-order valence-corrected chi connectivity index (χ0v) is 8.95. The lowest BCUT2D eigenvalue weighted by atomic mass is 10.5. The minimum absolute atomic E-state index is 0.0783. The second kappa shape index (κ2) is 4.28. The van der Waals surface area contributed by atoms with Gasteiger partial charge in [0.2, 0.25) is 5.95 Å². The lowest BCUT2D eigenvalue weighted by Crippen LogP contribution is -2.10. The first-order chi connectivity index (χ1) is 7.27. The molecule has 2 aromatic heterocycles. The number of aromatic nitrogens is 4. The average molecular weight is 247 g/mol. The molecule has 0 bridgehead atoms. The summed E-state index contributed by atoms with van der Waals surface area (Å²) in [5.41, 5.74) is 5.65. The Bertz CT molecular complexity index is 634. The molecule has 0 saturated heterocycles. The SMILES string of the molecule is CS(=O)(=O)O.Nc1nc2nc[nH]c2c(=O)[nH]1. The first kappa shape index (κ1) is 12.1. The maximum Gasteiger partial charge on any atom is 0.278 e. The van der Waals surface area contributed by atoms with Crippen LogP contribution in [0.4, 0.5) is 5.95 Å². The smallest absolute Gasteiger partial charge is 0.278 e. The molecule has 0 aliphatic carbocycles. The van der Waals surface area contributed by atoms with Crippen molar-refractivity contribution in [2.24, 2.45) is 0 Å². The Kier molecular flexibility index (Phi) is 3.25. The third kappa shape index (κ3) is 3.67. The van der Waals surface area contributed by atoms with E-state index in [1.165, 1.54) is 6.33 Å². The van der Waals surface area contributed by atoms with Gasteiger partial charge in [0.25, 0.3) is 15.7 Å². The van der Waals surface area contributed by atoms with Gasteiger partial charge in [-0.05, 0) is 0 Å². The number of aromatic amines is 2. The van der Waals surface area contributed by atoms with Gasteiger partial charge >= 0.3 is 0 Å². The second-order valence-corrected chi connectivity index (χ2v) is 4.25. The fourth-order valence-corrected chi connectivity index (χ4v) is 0.860. The maximum absolute atomic E-state index is 11.0. The van der Waals surface area contributed by atoms with Crippen molar-refractivity contribution in [2.75, 3.05) is 12.0 Å². The molecule has 0 aliphatic rings. The van der Waals surface area contributed by atoms with E-state index in [0.717, 1.165) is 0 Å². The van der Waals surface area contributed by atoms with Crippen molar-refractivity contribution >= 4 is 27.2 Å². The molecule has 0 spiro atoms. The highest BCUT2D eigenvalue weighted by molar-refractivity contribution is 7.85. The van der Waals surface area contributed by atoms with Crippen molar-refractivity contribution < 1.29 is 13.0 Å². The monoisotopic (exact) mass is 247 g/mol. The molecule has 0 fully saturated rings. The van der Waals surface area contributed by atoms with Crippen molar-refractivity contribution in [1.82, 2.24) is 19.9 Å². The Labute approximate surface area is 89.5 Å². The molecule has 0 aromatic carbocycles. The second-order valence-electron chi connectivity index (χ2n) is 2.79. The highest BCUT2D eigenvalue weighted by atomic mass is 32.2. The van der Waals surface area contributed by atoms with Gasteiger partial charge < -0.3 is 10.7 Å². The van der Waals surface area contributed by atoms with Crippen LogP contribution < -0.4 is 11.3 Å². The Hall–Kier alpha value is -1.94. The van der Waals surface area contributed by atoms with Crippen LogP contribution in [0.25, 0.3) is 11.2 Å². The summed E-state index contributed by atoms with van der Waals surface area (Å²) >= 11 is 0. The van der Waals surface area contributed by atoms with E-state index in [9.17, 15) is 13.2 Å². The van der Waals surface area contributed by atoms with Gasteiger partial charge in [-0.1, -0.05) is 0 Å². The fourth-order valence-electron chi connectivity index (χ4n) is 0.860. The fraction of sp³-hybridized carbons (Fsp3) is 0.167. The number of fused-ring (bicyclic) bond motifs is 1. The first-order valence-corrected chi connectivity index (χ1v) is 5.73. The van der Waals surface area contributed by atoms with Crippen LogP contribution in [0.1, 0.15) is 0 Å². The number of imidazole rings is 1. The van der Waals surface area contributed by atoms with Crippen LogP contribution in [0.5, 0.6) is 0 Å². The van der Waals surface area contributed by atoms with Crippen LogP contribution in [0.3, 0.4) is 0 Å². The van der Waals surface area contributed by atoms with Crippen LogP contribution in [-0.2, 0) is 10.1 Å². The standard InChI is InChI=1S/C5H5N5O.CH4O3S/c6-5-9-3-2(4(11)10-5)7-1-8-3;1-5(2,3)4/h1H,(H4,6,7,8,9,10,11);1H3,(H,2,3,4). The number of nitrogen functional groups attached to an aromatic ring is 1. The Morgan fingerprint density at radius 3 is 2.62 bits per heavy atom. The maximum atomic E-state index is 11.0. The predicted octanol–water partition coefficient (Wildman–Crippen LogP) is -1.27. The van der Waals surface area contributed by atoms with Crippen molar-refractivity contribution in [3.05, 3.63) is 16.7 Å². The molecule has 0 unspecified atom stereocenters. The van der Waals surface area contributed by atoms with E-state index >= 15 is 0 Å². The summed E-state index contributed by atoms with van der Waals surface area (Å²) in [5, 5.41) is 0. The van der Waals surface area contributed by atoms with E-state index in [0.29, 0.717) is 17.4 Å². The zero-order chi connectivity index (χ0) is 12.3. The van der Waals surface area contributed by atoms with Crippen LogP contribution in [0.15, 0.2) is 11.1 Å². The van der Waals surface area contributed by atoms with Crippen LogP contribution in [0.2, 0.25) is 0 Å². The first-order valence-electron chi connectivity index (χ1n) is 3.88. The normalized spacial score (nSPS) is 10.9. The number of rotatable bonds is 0. The molecule has 5 N–H and O–H groups in total. The van der Waals surface area contributed by atoms with Gasteiger partial charge in [-0.3, -0.25) is 14.3 Å². The summed E-state index contributed by atoms with van der Waals surface area (Å²) in [6, 6.07) is 0. The molecule has 0 atom stereocenters. The summed E-state index contributed by atoms with van der Waals surface area (Å²) in [7, 11) is -3.67. The lowest BCUT2D eigenvalue weighted by Gasteiger charge is -1.89. The number of nitrogens with two attached hydrogens (primary N) is 1. The van der Waals surface area contributed by atoms with Gasteiger partial charge in [0, 0.05) is 0 Å². The number of nitrogens with one attached hydrogen (secondary N) is 2. The van der Waals surface area contributed by atoms with Crippen LogP contribution in [-0.4, -0.2) is 39.2 Å². The molecule has 2 aromatic rings. The number of hydrogen-bond acceptors (Lipinski definition) is 6. The largest absolute Gasteiger partial charge is 0.369 e. The van der Waals surface area contributed by atoms with Crippen molar-refractivity contribution in [1.29, 1.82) is 0 Å². The summed E-state index contributed by atoms with van der Waals surface area (Å²) < 4.78 is 25.9. The topological polar surface area (TPSA) is 155 Å². The lowest BCUT2D eigenvalue weighted by molar-refractivity contribution is 0.490. The van der Waals surface area contributed by atoms with E-state index in [-0.39, 0.29) is 11.5 Å². The molecule has 9 nitrogen and oxygen atoms in total. The molecule has 2 rings (SSSR count). The molecule has 10 heteroatoms. The Morgan fingerprint density at radius 2 is 2.06 bits per heavy atom. The van der Waals surface area contributed by atoms with E-state index in [4.69, 9.17) is 10.3 Å². The summed E-state index contributed by atoms with van der Waals surface area (Å²) in [4.78, 5) is 23.5. The minimum atomic E-state index is -3.67. The van der Waals surface area contributed by atoms with Crippen molar-refractivity contribution in [3.63, 3.8) is 0 Å². The van der Waals surface area contributed by atoms with E-state index in [1.807, 2.05) is 0 Å². The number of anilines is 1.